The molecule has 1 aromatic carbocycles. The molecule has 1 aromatic rings. The van der Waals surface area contributed by atoms with Crippen LogP contribution in [0.2, 0.25) is 0 Å². The molecule has 21 heavy (non-hydrogen) atoms. The summed E-state index contributed by atoms with van der Waals surface area (Å²) in [5.74, 6) is -1.02. The van der Waals surface area contributed by atoms with Gasteiger partial charge in [0.25, 0.3) is 0 Å². The van der Waals surface area contributed by atoms with Crippen LogP contribution >= 0.6 is 24.0 Å². The molecule has 7 heteroatoms. The molecule has 1 heterocycles. The van der Waals surface area contributed by atoms with Crippen molar-refractivity contribution in [3.05, 3.63) is 41.5 Å². The SMILES string of the molecule is CN1CC=C(CN=C(N)Nc2cc(F)ccc2F)CC1.I. The summed E-state index contributed by atoms with van der Waals surface area (Å²) in [7, 11) is 2.05. The highest BCUT2D eigenvalue weighted by Crippen LogP contribution is 2.15. The van der Waals surface area contributed by atoms with Crippen LogP contribution in [0.3, 0.4) is 0 Å². The monoisotopic (exact) mass is 408 g/mol. The Morgan fingerprint density at radius 2 is 2.19 bits per heavy atom. The first-order valence-corrected chi connectivity index (χ1v) is 6.43. The standard InChI is InChI=1S/C14H18F2N4.HI/c1-20-6-4-10(5-7-20)9-18-14(17)19-13-8-11(15)2-3-12(13)16;/h2-4,8H,5-7,9H2,1H3,(H3,17,18,19);1H. The van der Waals surface area contributed by atoms with Gasteiger partial charge < -0.3 is 16.0 Å². The zero-order chi connectivity index (χ0) is 14.5. The van der Waals surface area contributed by atoms with E-state index >= 15 is 0 Å². The van der Waals surface area contributed by atoms with E-state index in [1.165, 1.54) is 5.57 Å². The van der Waals surface area contributed by atoms with E-state index in [1.807, 2.05) is 0 Å². The number of benzene rings is 1. The summed E-state index contributed by atoms with van der Waals surface area (Å²) >= 11 is 0. The lowest BCUT2D eigenvalue weighted by molar-refractivity contribution is 0.358. The fraction of sp³-hybridized carbons (Fsp3) is 0.357. The number of hydrogen-bond donors (Lipinski definition) is 2. The number of nitrogens with two attached hydrogens (primary N) is 1. The number of aliphatic imine (C=N–C) groups is 1. The second kappa shape index (κ2) is 8.28. The van der Waals surface area contributed by atoms with Gasteiger partial charge in [-0.3, -0.25) is 0 Å². The molecule has 4 nitrogen and oxygen atoms in total. The minimum Gasteiger partial charge on any atom is -0.370 e. The van der Waals surface area contributed by atoms with E-state index in [0.717, 1.165) is 37.7 Å². The molecule has 0 amide bonds. The highest BCUT2D eigenvalue weighted by atomic mass is 127. The molecule has 0 aromatic heterocycles. The first kappa shape index (κ1) is 17.8. The average Bonchev–Trinajstić information content (AvgIpc) is 2.42. The van der Waals surface area contributed by atoms with Crippen molar-refractivity contribution in [1.29, 1.82) is 0 Å². The van der Waals surface area contributed by atoms with E-state index in [4.69, 9.17) is 5.73 Å². The summed E-state index contributed by atoms with van der Waals surface area (Å²) in [4.78, 5) is 6.35. The molecule has 0 spiro atoms. The molecule has 1 aliphatic rings. The molecule has 0 aliphatic carbocycles. The van der Waals surface area contributed by atoms with Gasteiger partial charge in [-0.1, -0.05) is 11.6 Å². The Kier molecular flexibility index (Phi) is 7.03. The lowest BCUT2D eigenvalue weighted by atomic mass is 10.1. The number of anilines is 1. The fourth-order valence-electron chi connectivity index (χ4n) is 1.91. The maximum Gasteiger partial charge on any atom is 0.193 e. The first-order valence-electron chi connectivity index (χ1n) is 6.43. The average molecular weight is 408 g/mol. The summed E-state index contributed by atoms with van der Waals surface area (Å²) in [6, 6.07) is 3.15. The zero-order valence-electron chi connectivity index (χ0n) is 11.8. The molecular weight excluding hydrogens is 389 g/mol. The van der Waals surface area contributed by atoms with Crippen LogP contribution in [0, 0.1) is 11.6 Å². The number of nitrogens with one attached hydrogen (secondary N) is 1. The van der Waals surface area contributed by atoms with Gasteiger partial charge in [-0.2, -0.15) is 0 Å². The van der Waals surface area contributed by atoms with E-state index in [-0.39, 0.29) is 35.6 Å². The van der Waals surface area contributed by atoms with Crippen LogP contribution in [0.5, 0.6) is 0 Å². The van der Waals surface area contributed by atoms with Gasteiger partial charge in [-0.25, -0.2) is 13.8 Å². The summed E-state index contributed by atoms with van der Waals surface area (Å²) in [6.45, 7) is 2.37. The van der Waals surface area contributed by atoms with Crippen LogP contribution in [0.4, 0.5) is 14.5 Å². The van der Waals surface area contributed by atoms with Crippen LogP contribution in [-0.2, 0) is 0 Å². The van der Waals surface area contributed by atoms with Crippen molar-refractivity contribution in [2.45, 2.75) is 6.42 Å². The highest BCUT2D eigenvalue weighted by molar-refractivity contribution is 14.0. The number of likely N-dealkylation sites (N-methyl/N-ethyl adjacent to an activating group) is 1. The van der Waals surface area contributed by atoms with Gasteiger partial charge in [0.05, 0.1) is 12.2 Å². The topological polar surface area (TPSA) is 53.6 Å². The van der Waals surface area contributed by atoms with Crippen LogP contribution in [0.1, 0.15) is 6.42 Å². The molecule has 0 unspecified atom stereocenters. The highest BCUT2D eigenvalue weighted by Gasteiger charge is 2.08. The molecule has 0 fully saturated rings. The predicted octanol–water partition coefficient (Wildman–Crippen LogP) is 2.57. The lowest BCUT2D eigenvalue weighted by Crippen LogP contribution is -2.26. The predicted molar refractivity (Wildman–Crippen MR) is 92.1 cm³/mol. The molecule has 0 bridgehead atoms. The second-order valence-corrected chi connectivity index (χ2v) is 4.83. The van der Waals surface area contributed by atoms with E-state index in [1.54, 1.807) is 0 Å². The van der Waals surface area contributed by atoms with E-state index in [2.05, 4.69) is 28.3 Å². The van der Waals surface area contributed by atoms with Crippen molar-refractivity contribution in [3.63, 3.8) is 0 Å². The summed E-state index contributed by atoms with van der Waals surface area (Å²) < 4.78 is 26.4. The van der Waals surface area contributed by atoms with Gasteiger partial charge in [0, 0.05) is 19.2 Å². The van der Waals surface area contributed by atoms with Crippen molar-refractivity contribution in [2.24, 2.45) is 10.7 Å². The normalized spacial score (nSPS) is 16.1. The van der Waals surface area contributed by atoms with Crippen molar-refractivity contribution in [2.75, 3.05) is 32.0 Å². The largest absolute Gasteiger partial charge is 0.370 e. The van der Waals surface area contributed by atoms with Crippen LogP contribution in [-0.4, -0.2) is 37.5 Å². The van der Waals surface area contributed by atoms with Gasteiger partial charge in [-0.15, -0.1) is 24.0 Å². The van der Waals surface area contributed by atoms with Gasteiger partial charge in [0.1, 0.15) is 11.6 Å². The van der Waals surface area contributed by atoms with Gasteiger partial charge in [0.2, 0.25) is 0 Å². The Morgan fingerprint density at radius 1 is 1.43 bits per heavy atom. The third kappa shape index (κ3) is 5.58. The van der Waals surface area contributed by atoms with Gasteiger partial charge in [0.15, 0.2) is 5.96 Å². The molecule has 1 aliphatic heterocycles. The quantitative estimate of drug-likeness (QED) is 0.350. The van der Waals surface area contributed by atoms with Crippen molar-refractivity contribution < 1.29 is 8.78 Å². The Labute approximate surface area is 140 Å². The number of rotatable bonds is 3. The van der Waals surface area contributed by atoms with Crippen LogP contribution < -0.4 is 11.1 Å². The van der Waals surface area contributed by atoms with Gasteiger partial charge >= 0.3 is 0 Å². The maximum absolute atomic E-state index is 13.4. The number of halogens is 3. The minimum absolute atomic E-state index is 0. The van der Waals surface area contributed by atoms with E-state index < -0.39 is 11.6 Å². The minimum atomic E-state index is -0.567. The Hall–Kier alpha value is -1.22. The lowest BCUT2D eigenvalue weighted by Gasteiger charge is -2.21. The molecule has 0 saturated carbocycles. The second-order valence-electron chi connectivity index (χ2n) is 4.83. The molecule has 116 valence electrons. The Bertz CT molecular complexity index is 546. The number of guanidine groups is 1. The molecule has 2 rings (SSSR count). The van der Waals surface area contributed by atoms with Crippen LogP contribution in [0.25, 0.3) is 0 Å². The maximum atomic E-state index is 13.4. The van der Waals surface area contributed by atoms with E-state index in [9.17, 15) is 8.78 Å². The van der Waals surface area contributed by atoms with Crippen LogP contribution in [0.15, 0.2) is 34.8 Å². The summed E-state index contributed by atoms with van der Waals surface area (Å²) in [5, 5.41) is 2.57. The zero-order valence-corrected chi connectivity index (χ0v) is 14.1. The Balaban J connectivity index is 0.00000220. The van der Waals surface area contributed by atoms with Crippen molar-refractivity contribution in [3.8, 4) is 0 Å². The summed E-state index contributed by atoms with van der Waals surface area (Å²) in [6.07, 6.45) is 3.06. The molecule has 3 N–H and O–H groups in total. The molecule has 0 saturated heterocycles. The van der Waals surface area contributed by atoms with Crippen molar-refractivity contribution >= 4 is 35.6 Å². The fourth-order valence-corrected chi connectivity index (χ4v) is 1.91. The number of nitrogens with zero attached hydrogens (tertiary/aromatic N) is 2. The van der Waals surface area contributed by atoms with E-state index in [0.29, 0.717) is 6.54 Å². The first-order chi connectivity index (χ1) is 9.54. The Morgan fingerprint density at radius 3 is 2.86 bits per heavy atom. The smallest absolute Gasteiger partial charge is 0.193 e. The third-order valence-corrected chi connectivity index (χ3v) is 3.15. The molecule has 0 atom stereocenters. The van der Waals surface area contributed by atoms with Crippen molar-refractivity contribution in [1.82, 2.24) is 4.90 Å². The summed E-state index contributed by atoms with van der Waals surface area (Å²) in [5.41, 5.74) is 6.87. The molecule has 0 radical (unpaired) electrons. The third-order valence-electron chi connectivity index (χ3n) is 3.15. The molecular formula is C14H19F2IN4. The van der Waals surface area contributed by atoms with Gasteiger partial charge in [-0.05, 0) is 25.6 Å². The number of hydrogen-bond acceptors (Lipinski definition) is 2.